The van der Waals surface area contributed by atoms with Crippen molar-refractivity contribution in [1.82, 2.24) is 4.90 Å². The van der Waals surface area contributed by atoms with E-state index >= 15 is 0 Å². The Kier molecular flexibility index (Phi) is 5.56. The quantitative estimate of drug-likeness (QED) is 0.802. The lowest BCUT2D eigenvalue weighted by Gasteiger charge is -2.18. The van der Waals surface area contributed by atoms with Crippen molar-refractivity contribution in [1.29, 1.82) is 0 Å². The van der Waals surface area contributed by atoms with Crippen molar-refractivity contribution < 1.29 is 22.3 Å². The van der Waals surface area contributed by atoms with Gasteiger partial charge in [-0.25, -0.2) is 12.8 Å². The largest absolute Gasteiger partial charge is 0.492 e. The number of hydrogen-bond acceptors (Lipinski definition) is 4. The standard InChI is InChI=1S/C17H18FNO4S/c1-19(10-11-23-15-8-6-14(18)7-9-15)17(20)13-4-3-5-16(12-13)24(2,21)22/h3-9,12H,10-11H2,1-2H3. The van der Waals surface area contributed by atoms with E-state index in [1.165, 1.54) is 47.4 Å². The Morgan fingerprint density at radius 2 is 1.83 bits per heavy atom. The Balaban J connectivity index is 1.96. The topological polar surface area (TPSA) is 63.7 Å². The molecule has 5 nitrogen and oxygen atoms in total. The summed E-state index contributed by atoms with van der Waals surface area (Å²) in [5, 5.41) is 0. The monoisotopic (exact) mass is 351 g/mol. The summed E-state index contributed by atoms with van der Waals surface area (Å²) >= 11 is 0. The summed E-state index contributed by atoms with van der Waals surface area (Å²) < 4.78 is 41.4. The van der Waals surface area contributed by atoms with Gasteiger partial charge in [-0.05, 0) is 42.5 Å². The number of sulfone groups is 1. The molecule has 7 heteroatoms. The molecule has 0 aromatic heterocycles. The normalized spacial score (nSPS) is 11.1. The van der Waals surface area contributed by atoms with Crippen molar-refractivity contribution in [3.8, 4) is 5.75 Å². The summed E-state index contributed by atoms with van der Waals surface area (Å²) in [6.07, 6.45) is 1.09. The first-order chi connectivity index (χ1) is 11.3. The predicted molar refractivity (Wildman–Crippen MR) is 88.4 cm³/mol. The van der Waals surface area contributed by atoms with Crippen LogP contribution >= 0.6 is 0 Å². The van der Waals surface area contributed by atoms with Gasteiger partial charge in [0.15, 0.2) is 9.84 Å². The number of carbonyl (C=O) groups is 1. The highest BCUT2D eigenvalue weighted by atomic mass is 32.2. The van der Waals surface area contributed by atoms with Crippen LogP contribution in [0.2, 0.25) is 0 Å². The van der Waals surface area contributed by atoms with Gasteiger partial charge >= 0.3 is 0 Å². The smallest absolute Gasteiger partial charge is 0.253 e. The van der Waals surface area contributed by atoms with E-state index in [2.05, 4.69) is 0 Å². The van der Waals surface area contributed by atoms with E-state index in [1.807, 2.05) is 0 Å². The van der Waals surface area contributed by atoms with E-state index in [9.17, 15) is 17.6 Å². The van der Waals surface area contributed by atoms with Gasteiger partial charge in [0.05, 0.1) is 11.4 Å². The first-order valence-electron chi connectivity index (χ1n) is 7.21. The van der Waals surface area contributed by atoms with Crippen LogP contribution in [0, 0.1) is 5.82 Å². The average Bonchev–Trinajstić information content (AvgIpc) is 2.55. The molecule has 0 aliphatic heterocycles. The minimum Gasteiger partial charge on any atom is -0.492 e. The molecule has 0 saturated heterocycles. The van der Waals surface area contributed by atoms with Gasteiger partial charge in [-0.15, -0.1) is 0 Å². The van der Waals surface area contributed by atoms with Crippen molar-refractivity contribution in [2.45, 2.75) is 4.90 Å². The van der Waals surface area contributed by atoms with Gasteiger partial charge in [0.1, 0.15) is 18.2 Å². The molecule has 2 aromatic carbocycles. The molecule has 1 amide bonds. The van der Waals surface area contributed by atoms with E-state index in [1.54, 1.807) is 13.1 Å². The van der Waals surface area contributed by atoms with Crippen LogP contribution in [0.3, 0.4) is 0 Å². The summed E-state index contributed by atoms with van der Waals surface area (Å²) in [7, 11) is -1.77. The van der Waals surface area contributed by atoms with Crippen LogP contribution in [0.25, 0.3) is 0 Å². The third-order valence-corrected chi connectivity index (χ3v) is 4.48. The van der Waals surface area contributed by atoms with Crippen molar-refractivity contribution in [3.05, 3.63) is 59.9 Å². The number of hydrogen-bond donors (Lipinski definition) is 0. The molecule has 0 spiro atoms. The van der Waals surface area contributed by atoms with Gasteiger partial charge in [-0.2, -0.15) is 0 Å². The second-order valence-corrected chi connectivity index (χ2v) is 7.34. The van der Waals surface area contributed by atoms with E-state index in [0.717, 1.165) is 6.26 Å². The van der Waals surface area contributed by atoms with Gasteiger partial charge in [-0.3, -0.25) is 4.79 Å². The second kappa shape index (κ2) is 7.44. The first-order valence-corrected chi connectivity index (χ1v) is 9.10. The molecule has 0 saturated carbocycles. The third-order valence-electron chi connectivity index (χ3n) is 3.36. The number of ether oxygens (including phenoxy) is 1. The van der Waals surface area contributed by atoms with Gasteiger partial charge in [0.25, 0.3) is 5.91 Å². The zero-order chi connectivity index (χ0) is 17.7. The molecule has 2 rings (SSSR count). The Morgan fingerprint density at radius 3 is 2.46 bits per heavy atom. The van der Waals surface area contributed by atoms with E-state index in [4.69, 9.17) is 4.74 Å². The molecular weight excluding hydrogens is 333 g/mol. The second-order valence-electron chi connectivity index (χ2n) is 5.33. The fourth-order valence-corrected chi connectivity index (χ4v) is 2.68. The summed E-state index contributed by atoms with van der Waals surface area (Å²) in [5.74, 6) is -0.139. The van der Waals surface area contributed by atoms with Crippen LogP contribution in [0.1, 0.15) is 10.4 Å². The number of benzene rings is 2. The van der Waals surface area contributed by atoms with Crippen LogP contribution in [0.4, 0.5) is 4.39 Å². The Hall–Kier alpha value is -2.41. The fraction of sp³-hybridized carbons (Fsp3) is 0.235. The maximum Gasteiger partial charge on any atom is 0.253 e. The zero-order valence-corrected chi connectivity index (χ0v) is 14.2. The zero-order valence-electron chi connectivity index (χ0n) is 13.4. The van der Waals surface area contributed by atoms with E-state index in [0.29, 0.717) is 17.9 Å². The summed E-state index contributed by atoms with van der Waals surface area (Å²) in [6, 6.07) is 11.5. The van der Waals surface area contributed by atoms with Crippen LogP contribution in [0.5, 0.6) is 5.75 Å². The molecule has 0 bridgehead atoms. The third kappa shape index (κ3) is 4.79. The number of amides is 1. The fourth-order valence-electron chi connectivity index (χ4n) is 2.01. The Bertz CT molecular complexity index is 819. The molecule has 2 aromatic rings. The predicted octanol–water partition coefficient (Wildman–Crippen LogP) is 2.38. The number of likely N-dealkylation sites (N-methyl/N-ethyl adjacent to an activating group) is 1. The van der Waals surface area contributed by atoms with Crippen molar-refractivity contribution in [2.75, 3.05) is 26.5 Å². The highest BCUT2D eigenvalue weighted by Crippen LogP contribution is 2.13. The maximum absolute atomic E-state index is 12.8. The molecule has 0 aliphatic rings. The highest BCUT2D eigenvalue weighted by molar-refractivity contribution is 7.90. The molecule has 0 heterocycles. The van der Waals surface area contributed by atoms with Crippen molar-refractivity contribution in [2.24, 2.45) is 0 Å². The minimum absolute atomic E-state index is 0.101. The van der Waals surface area contributed by atoms with Crippen molar-refractivity contribution in [3.63, 3.8) is 0 Å². The highest BCUT2D eigenvalue weighted by Gasteiger charge is 2.15. The van der Waals surface area contributed by atoms with Gasteiger partial charge in [0.2, 0.25) is 0 Å². The summed E-state index contributed by atoms with van der Waals surface area (Å²) in [5.41, 5.74) is 0.294. The number of nitrogens with zero attached hydrogens (tertiary/aromatic N) is 1. The molecule has 0 unspecified atom stereocenters. The Morgan fingerprint density at radius 1 is 1.17 bits per heavy atom. The molecule has 0 fully saturated rings. The van der Waals surface area contributed by atoms with Crippen LogP contribution in [-0.4, -0.2) is 45.7 Å². The average molecular weight is 351 g/mol. The van der Waals surface area contributed by atoms with Crippen LogP contribution in [0.15, 0.2) is 53.4 Å². The molecule has 0 N–H and O–H groups in total. The molecule has 0 radical (unpaired) electrons. The Labute approximate surface area is 140 Å². The molecule has 0 atom stereocenters. The number of carbonyl (C=O) groups excluding carboxylic acids is 1. The molecular formula is C17H18FNO4S. The SMILES string of the molecule is CN(CCOc1ccc(F)cc1)C(=O)c1cccc(S(C)(=O)=O)c1. The van der Waals surface area contributed by atoms with Crippen LogP contribution < -0.4 is 4.74 Å². The lowest BCUT2D eigenvalue weighted by molar-refractivity contribution is 0.0773. The minimum atomic E-state index is -3.37. The van der Waals surface area contributed by atoms with Gasteiger partial charge in [-0.1, -0.05) is 6.07 Å². The lowest BCUT2D eigenvalue weighted by Crippen LogP contribution is -2.31. The maximum atomic E-state index is 12.8. The molecule has 128 valence electrons. The summed E-state index contributed by atoms with van der Waals surface area (Å²) in [4.78, 5) is 13.9. The first kappa shape index (κ1) is 17.9. The molecule has 0 aliphatic carbocycles. The number of rotatable bonds is 6. The van der Waals surface area contributed by atoms with Crippen LogP contribution in [-0.2, 0) is 9.84 Å². The van der Waals surface area contributed by atoms with Gasteiger partial charge < -0.3 is 9.64 Å². The number of halogens is 1. The van der Waals surface area contributed by atoms with E-state index in [-0.39, 0.29) is 23.2 Å². The van der Waals surface area contributed by atoms with Crippen molar-refractivity contribution >= 4 is 15.7 Å². The van der Waals surface area contributed by atoms with E-state index < -0.39 is 9.84 Å². The lowest BCUT2D eigenvalue weighted by atomic mass is 10.2. The van der Waals surface area contributed by atoms with Gasteiger partial charge in [0, 0.05) is 18.9 Å². The summed E-state index contributed by atoms with van der Waals surface area (Å²) in [6.45, 7) is 0.541. The molecule has 24 heavy (non-hydrogen) atoms.